The van der Waals surface area contributed by atoms with Gasteiger partial charge in [0.15, 0.2) is 0 Å². The lowest BCUT2D eigenvalue weighted by Crippen LogP contribution is -2.57. The third-order valence-electron chi connectivity index (χ3n) is 8.98. The van der Waals surface area contributed by atoms with Crippen LogP contribution in [0.3, 0.4) is 0 Å². The van der Waals surface area contributed by atoms with E-state index in [0.717, 1.165) is 43.7 Å². The number of rotatable bonds is 5. The van der Waals surface area contributed by atoms with E-state index >= 15 is 0 Å². The average molecular weight is 470 g/mol. The number of carboxylic acids is 1. The van der Waals surface area contributed by atoms with E-state index in [0.29, 0.717) is 31.3 Å². The molecule has 0 unspecified atom stereocenters. The van der Waals surface area contributed by atoms with Crippen molar-refractivity contribution >= 4 is 11.9 Å². The molecule has 1 aromatic carbocycles. The fourth-order valence-corrected chi connectivity index (χ4v) is 7.06. The van der Waals surface area contributed by atoms with Crippen molar-refractivity contribution in [2.45, 2.75) is 89.3 Å². The smallest absolute Gasteiger partial charge is 0.303 e. The first-order valence-electron chi connectivity index (χ1n) is 13.3. The monoisotopic (exact) mass is 469 g/mol. The highest BCUT2D eigenvalue weighted by atomic mass is 16.5. The van der Waals surface area contributed by atoms with Crippen LogP contribution in [-0.2, 0) is 14.3 Å². The Kier molecular flexibility index (Phi) is 6.62. The van der Waals surface area contributed by atoms with Gasteiger partial charge in [-0.3, -0.25) is 9.59 Å². The molecule has 3 fully saturated rings. The Morgan fingerprint density at radius 1 is 1.15 bits per heavy atom. The maximum atomic E-state index is 13.2. The lowest BCUT2D eigenvalue weighted by Gasteiger charge is -2.55. The van der Waals surface area contributed by atoms with Gasteiger partial charge in [-0.25, -0.2) is 0 Å². The zero-order valence-electron chi connectivity index (χ0n) is 20.5. The summed E-state index contributed by atoms with van der Waals surface area (Å²) in [5, 5.41) is 9.39. The van der Waals surface area contributed by atoms with Gasteiger partial charge in [0.2, 0.25) is 5.91 Å². The summed E-state index contributed by atoms with van der Waals surface area (Å²) in [6, 6.07) is 8.00. The van der Waals surface area contributed by atoms with E-state index in [4.69, 9.17) is 9.47 Å². The maximum Gasteiger partial charge on any atom is 0.303 e. The number of carbonyl (C=O) groups excluding carboxylic acids is 1. The van der Waals surface area contributed by atoms with Crippen molar-refractivity contribution in [1.82, 2.24) is 4.90 Å². The number of aliphatic carboxylic acids is 1. The van der Waals surface area contributed by atoms with Crippen molar-refractivity contribution in [3.8, 4) is 5.75 Å². The zero-order chi connectivity index (χ0) is 23.8. The van der Waals surface area contributed by atoms with Crippen LogP contribution < -0.4 is 4.74 Å². The van der Waals surface area contributed by atoms with Gasteiger partial charge in [-0.15, -0.1) is 0 Å². The highest BCUT2D eigenvalue weighted by Gasteiger charge is 2.54. The number of hydrogen-bond donors (Lipinski definition) is 1. The molecule has 186 valence electrons. The minimum absolute atomic E-state index is 0.0592. The SMILES string of the molecule is C[C@]1(CCC(=O)O)Oc2ccccc2[C@H]2OC[C@@]3(CCCN(C(=O)CC4CCCCC4)C3)C[C@@H]21. The summed E-state index contributed by atoms with van der Waals surface area (Å²) in [5.41, 5.74) is 0.372. The average Bonchev–Trinajstić information content (AvgIpc) is 2.84. The van der Waals surface area contributed by atoms with Crippen molar-refractivity contribution in [1.29, 1.82) is 0 Å². The van der Waals surface area contributed by atoms with Gasteiger partial charge in [-0.05, 0) is 57.4 Å². The van der Waals surface area contributed by atoms with Crippen LogP contribution in [0.5, 0.6) is 5.75 Å². The number of piperidine rings is 1. The first-order valence-corrected chi connectivity index (χ1v) is 13.3. The predicted octanol–water partition coefficient (Wildman–Crippen LogP) is 5.36. The second kappa shape index (κ2) is 9.52. The molecule has 1 aromatic rings. The minimum atomic E-state index is -0.802. The van der Waals surface area contributed by atoms with E-state index in [-0.39, 0.29) is 23.9 Å². The summed E-state index contributed by atoms with van der Waals surface area (Å²) in [7, 11) is 0. The van der Waals surface area contributed by atoms with Gasteiger partial charge in [-0.2, -0.15) is 0 Å². The minimum Gasteiger partial charge on any atom is -0.487 e. The first-order chi connectivity index (χ1) is 16.4. The van der Waals surface area contributed by atoms with Crippen LogP contribution in [0, 0.1) is 17.3 Å². The molecule has 1 aliphatic carbocycles. The van der Waals surface area contributed by atoms with Gasteiger partial charge in [0.05, 0.1) is 12.7 Å². The highest BCUT2D eigenvalue weighted by Crippen LogP contribution is 2.56. The van der Waals surface area contributed by atoms with Crippen molar-refractivity contribution in [3.63, 3.8) is 0 Å². The van der Waals surface area contributed by atoms with Gasteiger partial charge >= 0.3 is 5.97 Å². The van der Waals surface area contributed by atoms with Crippen molar-refractivity contribution < 1.29 is 24.2 Å². The summed E-state index contributed by atoms with van der Waals surface area (Å²) in [6.45, 7) is 4.29. The third kappa shape index (κ3) is 4.71. The molecule has 0 aromatic heterocycles. The van der Waals surface area contributed by atoms with Crippen LogP contribution in [0.1, 0.15) is 89.2 Å². The van der Waals surface area contributed by atoms with Gasteiger partial charge in [0, 0.05) is 42.8 Å². The molecule has 0 bridgehead atoms. The molecular formula is C28H39NO5. The van der Waals surface area contributed by atoms with E-state index < -0.39 is 11.6 Å². The van der Waals surface area contributed by atoms with Crippen molar-refractivity contribution in [2.75, 3.05) is 19.7 Å². The number of carboxylic acid groups (broad SMARTS) is 1. The molecule has 1 spiro atoms. The first kappa shape index (κ1) is 23.7. The summed E-state index contributed by atoms with van der Waals surface area (Å²) in [6.07, 6.45) is 10.3. The Morgan fingerprint density at radius 2 is 1.94 bits per heavy atom. The van der Waals surface area contributed by atoms with Crippen LogP contribution in [0.25, 0.3) is 0 Å². The molecule has 34 heavy (non-hydrogen) atoms. The van der Waals surface area contributed by atoms with Crippen LogP contribution in [0.4, 0.5) is 0 Å². The molecule has 3 heterocycles. The summed E-state index contributed by atoms with van der Waals surface area (Å²) in [5.74, 6) is 0.925. The number of hydrogen-bond acceptors (Lipinski definition) is 4. The molecule has 1 amide bonds. The Balaban J connectivity index is 1.34. The Labute approximate surface area is 203 Å². The van der Waals surface area contributed by atoms with Crippen molar-refractivity contribution in [2.24, 2.45) is 17.3 Å². The fourth-order valence-electron chi connectivity index (χ4n) is 7.06. The normalized spacial score (nSPS) is 33.6. The molecule has 6 heteroatoms. The molecule has 5 rings (SSSR count). The van der Waals surface area contributed by atoms with E-state index in [2.05, 4.69) is 17.9 Å². The lowest BCUT2D eigenvalue weighted by atomic mass is 9.64. The molecule has 2 saturated heterocycles. The zero-order valence-corrected chi connectivity index (χ0v) is 20.5. The number of likely N-dealkylation sites (tertiary alicyclic amines) is 1. The second-order valence-electron chi connectivity index (χ2n) is 11.5. The number of benzene rings is 1. The number of fused-ring (bicyclic) bond motifs is 3. The van der Waals surface area contributed by atoms with E-state index in [1.54, 1.807) is 0 Å². The number of ether oxygens (including phenoxy) is 2. The van der Waals surface area contributed by atoms with E-state index in [9.17, 15) is 14.7 Å². The van der Waals surface area contributed by atoms with Gasteiger partial charge < -0.3 is 19.5 Å². The van der Waals surface area contributed by atoms with Crippen LogP contribution >= 0.6 is 0 Å². The molecule has 1 saturated carbocycles. The number of amides is 1. The molecule has 6 nitrogen and oxygen atoms in total. The standard InChI is InChI=1S/C28H39NO5/c1-27(14-12-25(31)32)22-17-28(19-33-26(22)21-10-5-6-11-23(21)34-27)13-7-15-29(18-28)24(30)16-20-8-3-2-4-9-20/h5-6,10-11,20,22,26H,2-4,7-9,12-19H2,1H3,(H,31,32)/t22-,26+,27+,28-/m0/s1. The number of nitrogens with zero attached hydrogens (tertiary/aromatic N) is 1. The van der Waals surface area contributed by atoms with Gasteiger partial charge in [-0.1, -0.05) is 37.5 Å². The van der Waals surface area contributed by atoms with Crippen LogP contribution in [-0.4, -0.2) is 47.2 Å². The number of carbonyl (C=O) groups is 2. The van der Waals surface area contributed by atoms with E-state index in [1.807, 2.05) is 18.2 Å². The maximum absolute atomic E-state index is 13.2. The molecule has 1 N–H and O–H groups in total. The Morgan fingerprint density at radius 3 is 2.74 bits per heavy atom. The topological polar surface area (TPSA) is 76.1 Å². The van der Waals surface area contributed by atoms with E-state index in [1.165, 1.54) is 32.1 Å². The summed E-state index contributed by atoms with van der Waals surface area (Å²) >= 11 is 0. The van der Waals surface area contributed by atoms with Crippen LogP contribution in [0.15, 0.2) is 24.3 Å². The fraction of sp³-hybridized carbons (Fsp3) is 0.714. The third-order valence-corrected chi connectivity index (χ3v) is 8.98. The quantitative estimate of drug-likeness (QED) is 0.628. The molecular weight excluding hydrogens is 430 g/mol. The largest absolute Gasteiger partial charge is 0.487 e. The molecule has 4 aliphatic rings. The molecule has 3 aliphatic heterocycles. The second-order valence-corrected chi connectivity index (χ2v) is 11.5. The van der Waals surface area contributed by atoms with Gasteiger partial charge in [0.25, 0.3) is 0 Å². The predicted molar refractivity (Wildman–Crippen MR) is 129 cm³/mol. The molecule has 4 atom stereocenters. The van der Waals surface area contributed by atoms with Gasteiger partial charge in [0.1, 0.15) is 11.4 Å². The molecule has 0 radical (unpaired) electrons. The Bertz CT molecular complexity index is 912. The van der Waals surface area contributed by atoms with Crippen LogP contribution in [0.2, 0.25) is 0 Å². The highest BCUT2D eigenvalue weighted by molar-refractivity contribution is 5.76. The number of para-hydroxylation sites is 1. The summed E-state index contributed by atoms with van der Waals surface area (Å²) < 4.78 is 13.1. The summed E-state index contributed by atoms with van der Waals surface area (Å²) in [4.78, 5) is 26.8. The Hall–Kier alpha value is -2.08. The van der Waals surface area contributed by atoms with Crippen molar-refractivity contribution in [3.05, 3.63) is 29.8 Å². The lowest BCUT2D eigenvalue weighted by molar-refractivity contribution is -0.185.